The predicted molar refractivity (Wildman–Crippen MR) is 134 cm³/mol. The van der Waals surface area contributed by atoms with Gasteiger partial charge in [-0.05, 0) is 48.5 Å². The third kappa shape index (κ3) is 5.10. The Balaban J connectivity index is 1.36. The van der Waals surface area contributed by atoms with Gasteiger partial charge in [-0.3, -0.25) is 4.79 Å². The van der Waals surface area contributed by atoms with Crippen molar-refractivity contribution in [3.63, 3.8) is 0 Å². The molecule has 0 saturated carbocycles. The van der Waals surface area contributed by atoms with Crippen molar-refractivity contribution in [3.05, 3.63) is 84.9 Å². The molecule has 3 aromatic rings. The third-order valence-electron chi connectivity index (χ3n) is 5.49. The van der Waals surface area contributed by atoms with Crippen LogP contribution in [-0.2, 0) is 14.6 Å². The number of nitrogens with zero attached hydrogens (tertiary/aromatic N) is 2. The molecule has 0 aliphatic carbocycles. The van der Waals surface area contributed by atoms with Gasteiger partial charge in [-0.2, -0.15) is 4.99 Å². The zero-order valence-electron chi connectivity index (χ0n) is 18.1. The summed E-state index contributed by atoms with van der Waals surface area (Å²) in [7, 11) is -3.15. The summed E-state index contributed by atoms with van der Waals surface area (Å²) in [6.45, 7) is -0.195. The Labute approximate surface area is 202 Å². The number of aliphatic imine (C=N–C) groups is 1. The van der Waals surface area contributed by atoms with Crippen molar-refractivity contribution in [1.29, 1.82) is 0 Å². The fraction of sp³-hybridized carbons (Fsp3) is 0.200. The summed E-state index contributed by atoms with van der Waals surface area (Å²) < 4.78 is 35.9. The molecule has 0 aromatic heterocycles. The zero-order chi connectivity index (χ0) is 23.5. The number of hydrogen-bond donors (Lipinski definition) is 0. The summed E-state index contributed by atoms with van der Waals surface area (Å²) >= 11 is 1.33. The largest absolute Gasteiger partial charge is 0.484 e. The minimum atomic E-state index is -3.15. The number of sulfone groups is 1. The number of fused-ring (bicyclic) bond motifs is 1. The average Bonchev–Trinajstić information content (AvgIpc) is 3.30. The van der Waals surface area contributed by atoms with Crippen molar-refractivity contribution in [1.82, 2.24) is 0 Å². The minimum absolute atomic E-state index is 0.0284. The molecule has 9 heteroatoms. The molecule has 7 nitrogen and oxygen atoms in total. The Hall–Kier alpha value is -3.30. The van der Waals surface area contributed by atoms with Crippen LogP contribution >= 0.6 is 11.8 Å². The van der Waals surface area contributed by atoms with Gasteiger partial charge in [0.05, 0.1) is 17.5 Å². The maximum atomic E-state index is 12.6. The molecule has 34 heavy (non-hydrogen) atoms. The number of hydrogen-bond acceptors (Lipinski definition) is 6. The maximum Gasteiger partial charge on any atom is 0.285 e. The van der Waals surface area contributed by atoms with Crippen LogP contribution < -0.4 is 14.4 Å². The van der Waals surface area contributed by atoms with E-state index >= 15 is 0 Å². The number of ether oxygens (including phenoxy) is 2. The quantitative estimate of drug-likeness (QED) is 0.509. The SMILES string of the molecule is O=C(COc1ccccc1)N=C1SC2CS(=O)(=O)CC2N1c1ccc(Oc2ccccc2)cc1. The standard InChI is InChI=1S/C25H22N2O5S2/c28-24(15-31-19-7-3-1-4-8-19)26-25-27(22-16-34(29,30)17-23(22)33-25)18-11-13-21(14-12-18)32-20-9-5-2-6-10-20/h1-14,22-23H,15-17H2. The number of amides is 1. The predicted octanol–water partition coefficient (Wildman–Crippen LogP) is 4.16. The van der Waals surface area contributed by atoms with Crippen molar-refractivity contribution in [2.45, 2.75) is 11.3 Å². The lowest BCUT2D eigenvalue weighted by Gasteiger charge is -2.24. The van der Waals surface area contributed by atoms with Crippen LogP contribution in [0.25, 0.3) is 0 Å². The lowest BCUT2D eigenvalue weighted by molar-refractivity contribution is -0.119. The fourth-order valence-corrected chi connectivity index (χ4v) is 7.90. The molecule has 2 atom stereocenters. The van der Waals surface area contributed by atoms with Crippen LogP contribution in [0, 0.1) is 0 Å². The van der Waals surface area contributed by atoms with Crippen molar-refractivity contribution < 1.29 is 22.7 Å². The van der Waals surface area contributed by atoms with Crippen molar-refractivity contribution in [3.8, 4) is 17.2 Å². The lowest BCUT2D eigenvalue weighted by atomic mass is 10.2. The minimum Gasteiger partial charge on any atom is -0.484 e. The topological polar surface area (TPSA) is 85.3 Å². The summed E-state index contributed by atoms with van der Waals surface area (Å²) in [5, 5.41) is 0.315. The molecule has 3 aromatic carbocycles. The van der Waals surface area contributed by atoms with E-state index in [4.69, 9.17) is 9.47 Å². The maximum absolute atomic E-state index is 12.6. The van der Waals surface area contributed by atoms with E-state index < -0.39 is 15.7 Å². The molecule has 5 rings (SSSR count). The Morgan fingerprint density at radius 2 is 1.50 bits per heavy atom. The molecule has 2 unspecified atom stereocenters. The highest BCUT2D eigenvalue weighted by molar-refractivity contribution is 8.16. The molecule has 2 fully saturated rings. The second-order valence-electron chi connectivity index (χ2n) is 7.97. The van der Waals surface area contributed by atoms with E-state index in [9.17, 15) is 13.2 Å². The number of carbonyl (C=O) groups excluding carboxylic acids is 1. The highest BCUT2D eigenvalue weighted by Crippen LogP contribution is 2.41. The second-order valence-corrected chi connectivity index (χ2v) is 11.3. The molecule has 0 bridgehead atoms. The van der Waals surface area contributed by atoms with Crippen LogP contribution in [-0.4, -0.2) is 48.9 Å². The summed E-state index contributed by atoms with van der Waals surface area (Å²) in [5.41, 5.74) is 0.757. The lowest BCUT2D eigenvalue weighted by Crippen LogP contribution is -2.37. The number of anilines is 1. The average molecular weight is 495 g/mol. The van der Waals surface area contributed by atoms with Gasteiger partial charge in [-0.15, -0.1) is 0 Å². The number of para-hydroxylation sites is 2. The highest BCUT2D eigenvalue weighted by Gasteiger charge is 2.49. The number of carbonyl (C=O) groups is 1. The summed E-state index contributed by atoms with van der Waals surface area (Å²) in [6, 6.07) is 25.6. The molecule has 0 radical (unpaired) electrons. The Morgan fingerprint density at radius 3 is 2.18 bits per heavy atom. The highest BCUT2D eigenvalue weighted by atomic mass is 32.2. The van der Waals surface area contributed by atoms with Gasteiger partial charge in [0, 0.05) is 10.9 Å². The summed E-state index contributed by atoms with van der Waals surface area (Å²) in [4.78, 5) is 18.7. The number of thioether (sulfide) groups is 1. The van der Waals surface area contributed by atoms with E-state index in [2.05, 4.69) is 4.99 Å². The van der Waals surface area contributed by atoms with E-state index in [0.29, 0.717) is 16.7 Å². The van der Waals surface area contributed by atoms with Crippen LogP contribution in [0.15, 0.2) is 89.9 Å². The monoisotopic (exact) mass is 494 g/mol. The van der Waals surface area contributed by atoms with Crippen LogP contribution in [0.3, 0.4) is 0 Å². The Kier molecular flexibility index (Phi) is 6.30. The van der Waals surface area contributed by atoms with Crippen molar-refractivity contribution >= 4 is 38.4 Å². The number of benzene rings is 3. The first kappa shape index (κ1) is 22.5. The van der Waals surface area contributed by atoms with Gasteiger partial charge >= 0.3 is 0 Å². The van der Waals surface area contributed by atoms with Crippen LogP contribution in [0.5, 0.6) is 17.2 Å². The number of amidine groups is 1. The first-order valence-corrected chi connectivity index (χ1v) is 13.5. The van der Waals surface area contributed by atoms with E-state index in [1.165, 1.54) is 11.8 Å². The van der Waals surface area contributed by atoms with Gasteiger partial charge < -0.3 is 14.4 Å². The smallest absolute Gasteiger partial charge is 0.285 e. The van der Waals surface area contributed by atoms with Gasteiger partial charge in [0.25, 0.3) is 5.91 Å². The van der Waals surface area contributed by atoms with Crippen molar-refractivity contribution in [2.24, 2.45) is 4.99 Å². The molecule has 2 heterocycles. The molecular formula is C25H22N2O5S2. The van der Waals surface area contributed by atoms with E-state index in [1.807, 2.05) is 77.7 Å². The zero-order valence-corrected chi connectivity index (χ0v) is 19.7. The number of rotatable bonds is 6. The third-order valence-corrected chi connectivity index (χ3v) is 8.70. The fourth-order valence-electron chi connectivity index (χ4n) is 3.97. The van der Waals surface area contributed by atoms with Crippen LogP contribution in [0.4, 0.5) is 5.69 Å². The van der Waals surface area contributed by atoms with Gasteiger partial charge in [0.15, 0.2) is 21.6 Å². The molecule has 0 spiro atoms. The molecule has 1 amide bonds. The first-order valence-electron chi connectivity index (χ1n) is 10.8. The molecule has 0 N–H and O–H groups in total. The molecule has 2 saturated heterocycles. The van der Waals surface area contributed by atoms with Crippen LogP contribution in [0.1, 0.15) is 0 Å². The van der Waals surface area contributed by atoms with E-state index in [-0.39, 0.29) is 29.4 Å². The molecule has 2 aliphatic rings. The van der Waals surface area contributed by atoms with E-state index in [0.717, 1.165) is 11.4 Å². The second kappa shape index (κ2) is 9.52. The molecule has 174 valence electrons. The summed E-state index contributed by atoms with van der Waals surface area (Å²) in [6.07, 6.45) is 0. The van der Waals surface area contributed by atoms with Crippen LogP contribution in [0.2, 0.25) is 0 Å². The summed E-state index contributed by atoms with van der Waals surface area (Å²) in [5.74, 6) is 1.64. The Morgan fingerprint density at radius 1 is 0.882 bits per heavy atom. The first-order chi connectivity index (χ1) is 16.5. The molecular weight excluding hydrogens is 472 g/mol. The normalized spacial score (nSPS) is 21.9. The van der Waals surface area contributed by atoms with Crippen molar-refractivity contribution in [2.75, 3.05) is 23.0 Å². The van der Waals surface area contributed by atoms with E-state index in [1.54, 1.807) is 12.1 Å². The molecule has 2 aliphatic heterocycles. The van der Waals surface area contributed by atoms with Gasteiger partial charge in [-0.25, -0.2) is 8.42 Å². The van der Waals surface area contributed by atoms with Gasteiger partial charge in [0.2, 0.25) is 0 Å². The Bertz CT molecular complexity index is 1300. The van der Waals surface area contributed by atoms with Gasteiger partial charge in [-0.1, -0.05) is 48.2 Å². The van der Waals surface area contributed by atoms with Gasteiger partial charge in [0.1, 0.15) is 17.2 Å².